The minimum atomic E-state index is -0.531. The number of para-hydroxylation sites is 1. The number of hydrogen-bond donors (Lipinski definition) is 3. The zero-order valence-corrected chi connectivity index (χ0v) is 23.7. The van der Waals surface area contributed by atoms with Gasteiger partial charge in [-0.1, -0.05) is 35.9 Å². The van der Waals surface area contributed by atoms with Gasteiger partial charge in [-0.25, -0.2) is 9.97 Å². The minimum absolute atomic E-state index is 0.0125. The molecule has 5 N–H and O–H groups in total. The van der Waals surface area contributed by atoms with Crippen LogP contribution in [-0.4, -0.2) is 62.3 Å². The quantitative estimate of drug-likeness (QED) is 0.309. The number of ether oxygens (including phenoxy) is 1. The fraction of sp³-hybridized carbons (Fsp3) is 0.300. The number of hydrogen-bond acceptors (Lipinski definition) is 8. The van der Waals surface area contributed by atoms with Gasteiger partial charge in [0, 0.05) is 42.2 Å². The van der Waals surface area contributed by atoms with E-state index in [1.807, 2.05) is 65.7 Å². The van der Waals surface area contributed by atoms with E-state index in [0.29, 0.717) is 56.9 Å². The van der Waals surface area contributed by atoms with Gasteiger partial charge in [0.25, 0.3) is 11.8 Å². The second-order valence-electron chi connectivity index (χ2n) is 10.6. The third-order valence-corrected chi connectivity index (χ3v) is 8.22. The summed E-state index contributed by atoms with van der Waals surface area (Å²) in [5.41, 5.74) is 12.7. The van der Waals surface area contributed by atoms with Crippen molar-refractivity contribution in [1.29, 1.82) is 0 Å². The van der Waals surface area contributed by atoms with Gasteiger partial charge in [-0.15, -0.1) is 0 Å². The molecule has 1 saturated heterocycles. The first-order valence-corrected chi connectivity index (χ1v) is 14.2. The number of aliphatic imine (C=N–C) groups is 1. The number of carbonyl (C=O) groups excluding carboxylic acids is 2. The first-order valence-electron chi connectivity index (χ1n) is 13.9. The van der Waals surface area contributed by atoms with Crippen LogP contribution in [0.2, 0.25) is 5.15 Å². The normalized spacial score (nSPS) is 16.0. The number of nitrogens with one attached hydrogen (secondary N) is 1. The predicted molar refractivity (Wildman–Crippen MR) is 162 cm³/mol. The van der Waals surface area contributed by atoms with Gasteiger partial charge in [0.05, 0.1) is 12.1 Å². The number of carbonyl (C=O) groups is 2. The zero-order chi connectivity index (χ0) is 29.3. The van der Waals surface area contributed by atoms with E-state index in [1.165, 1.54) is 0 Å². The van der Waals surface area contributed by atoms with Gasteiger partial charge >= 0.3 is 0 Å². The lowest BCUT2D eigenvalue weighted by molar-refractivity contribution is 0.0675. The number of benzene rings is 2. The Labute approximate surface area is 247 Å². The summed E-state index contributed by atoms with van der Waals surface area (Å²) in [5, 5.41) is 3.64. The van der Waals surface area contributed by atoms with Crippen LogP contribution in [0.4, 0.5) is 11.6 Å². The van der Waals surface area contributed by atoms with E-state index in [1.54, 1.807) is 0 Å². The molecular weight excluding hydrogens is 556 g/mol. The lowest BCUT2D eigenvalue weighted by Gasteiger charge is -2.37. The number of aromatic nitrogens is 3. The third kappa shape index (κ3) is 5.47. The van der Waals surface area contributed by atoms with Gasteiger partial charge in [-0.3, -0.25) is 14.6 Å². The number of amides is 2. The first kappa shape index (κ1) is 27.5. The van der Waals surface area contributed by atoms with Crippen molar-refractivity contribution >= 4 is 51.8 Å². The third-order valence-electron chi connectivity index (χ3n) is 7.95. The molecule has 0 saturated carbocycles. The SMILES string of the molecule is Nc1nc(N)c(C(=O)NC2=NC3(CC2)CCN(C(=O)c2cccc4c2ccn4CCOc2ccccc2)CC3)nc1Cl. The Hall–Kier alpha value is -4.64. The monoisotopic (exact) mass is 586 g/mol. The number of rotatable bonds is 6. The highest BCUT2D eigenvalue weighted by molar-refractivity contribution is 6.31. The molecule has 1 fully saturated rings. The maximum Gasteiger partial charge on any atom is 0.279 e. The molecule has 0 radical (unpaired) electrons. The maximum atomic E-state index is 13.6. The molecule has 0 unspecified atom stereocenters. The number of nitrogen functional groups attached to an aromatic ring is 2. The van der Waals surface area contributed by atoms with E-state index >= 15 is 0 Å². The lowest BCUT2D eigenvalue weighted by atomic mass is 9.85. The van der Waals surface area contributed by atoms with Gasteiger partial charge in [-0.2, -0.15) is 0 Å². The van der Waals surface area contributed by atoms with Crippen molar-refractivity contribution in [2.45, 2.75) is 37.8 Å². The van der Waals surface area contributed by atoms with Gasteiger partial charge < -0.3 is 31.0 Å². The summed E-state index contributed by atoms with van der Waals surface area (Å²) in [6.07, 6.45) is 4.82. The Balaban J connectivity index is 1.08. The van der Waals surface area contributed by atoms with Crippen LogP contribution in [0, 0.1) is 0 Å². The van der Waals surface area contributed by atoms with E-state index in [2.05, 4.69) is 19.9 Å². The molecule has 2 aliphatic heterocycles. The lowest BCUT2D eigenvalue weighted by Crippen LogP contribution is -2.45. The van der Waals surface area contributed by atoms with E-state index < -0.39 is 5.91 Å². The van der Waals surface area contributed by atoms with E-state index in [9.17, 15) is 9.59 Å². The number of halogens is 1. The van der Waals surface area contributed by atoms with Gasteiger partial charge in [0.15, 0.2) is 22.5 Å². The molecule has 42 heavy (non-hydrogen) atoms. The summed E-state index contributed by atoms with van der Waals surface area (Å²) in [5.74, 6) is 0.748. The molecule has 0 atom stereocenters. The number of nitrogens with zero attached hydrogens (tertiary/aromatic N) is 5. The van der Waals surface area contributed by atoms with Gasteiger partial charge in [-0.05, 0) is 49.6 Å². The molecule has 2 aliphatic rings. The van der Waals surface area contributed by atoms with Crippen LogP contribution < -0.4 is 21.5 Å². The van der Waals surface area contributed by atoms with Crippen LogP contribution >= 0.6 is 11.6 Å². The highest BCUT2D eigenvalue weighted by atomic mass is 35.5. The number of anilines is 2. The van der Waals surface area contributed by atoms with Gasteiger partial charge in [0.1, 0.15) is 18.2 Å². The maximum absolute atomic E-state index is 13.6. The standard InChI is InChI=1S/C30H31ClN8O3/c31-25-27(33)36-26(32)24(35-25)28(40)34-23-9-11-30(37-23)12-15-39(16-13-30)29(41)21-7-4-8-22-20(21)10-14-38(22)17-18-42-19-5-2-1-3-6-19/h1-8,10,14H,9,11-13,15-18H2,(H4,32,33,36)(H,34,37,40). The highest BCUT2D eigenvalue weighted by Gasteiger charge is 2.40. The Morgan fingerprint density at radius 3 is 2.55 bits per heavy atom. The van der Waals surface area contributed by atoms with E-state index in [0.717, 1.165) is 23.1 Å². The Kier molecular flexibility index (Phi) is 7.42. The Morgan fingerprint density at radius 1 is 0.976 bits per heavy atom. The van der Waals surface area contributed by atoms with Crippen molar-refractivity contribution in [3.8, 4) is 5.75 Å². The molecule has 6 rings (SSSR count). The number of fused-ring (bicyclic) bond motifs is 1. The molecule has 1 spiro atoms. The fourth-order valence-corrected chi connectivity index (χ4v) is 5.81. The van der Waals surface area contributed by atoms with Crippen molar-refractivity contribution < 1.29 is 14.3 Å². The average molecular weight is 587 g/mol. The smallest absolute Gasteiger partial charge is 0.279 e. The molecule has 0 aliphatic carbocycles. The number of likely N-dealkylation sites (tertiary alicyclic amines) is 1. The molecule has 11 nitrogen and oxygen atoms in total. The van der Waals surface area contributed by atoms with Crippen molar-refractivity contribution in [3.05, 3.63) is 77.2 Å². The van der Waals surface area contributed by atoms with Gasteiger partial charge in [0.2, 0.25) is 0 Å². The number of amidine groups is 1. The first-order chi connectivity index (χ1) is 20.3. The average Bonchev–Trinajstić information content (AvgIpc) is 3.59. The molecule has 4 heterocycles. The van der Waals surface area contributed by atoms with Crippen molar-refractivity contribution in [2.24, 2.45) is 4.99 Å². The van der Waals surface area contributed by atoms with Crippen LogP contribution in [0.5, 0.6) is 5.75 Å². The fourth-order valence-electron chi connectivity index (χ4n) is 5.68. The second kappa shape index (κ2) is 11.3. The molecule has 4 aromatic rings. The highest BCUT2D eigenvalue weighted by Crippen LogP contribution is 2.36. The molecule has 2 aromatic carbocycles. The van der Waals surface area contributed by atoms with Crippen molar-refractivity contribution in [1.82, 2.24) is 24.8 Å². The van der Waals surface area contributed by atoms with Crippen LogP contribution in [0.15, 0.2) is 65.8 Å². The van der Waals surface area contributed by atoms with Crippen LogP contribution in [0.3, 0.4) is 0 Å². The number of nitrogens with two attached hydrogens (primary N) is 2. The van der Waals surface area contributed by atoms with Crippen LogP contribution in [-0.2, 0) is 6.54 Å². The summed E-state index contributed by atoms with van der Waals surface area (Å²) < 4.78 is 7.97. The Morgan fingerprint density at radius 2 is 1.76 bits per heavy atom. The molecule has 216 valence electrons. The predicted octanol–water partition coefficient (Wildman–Crippen LogP) is 3.93. The molecule has 2 amide bonds. The Bertz CT molecular complexity index is 1680. The largest absolute Gasteiger partial charge is 0.492 e. The van der Waals surface area contributed by atoms with Crippen LogP contribution in [0.25, 0.3) is 10.9 Å². The summed E-state index contributed by atoms with van der Waals surface area (Å²) in [4.78, 5) is 41.0. The summed E-state index contributed by atoms with van der Waals surface area (Å²) in [6.45, 7) is 2.36. The van der Waals surface area contributed by atoms with E-state index in [-0.39, 0.29) is 33.9 Å². The summed E-state index contributed by atoms with van der Waals surface area (Å²) in [7, 11) is 0. The van der Waals surface area contributed by atoms with Crippen molar-refractivity contribution in [3.63, 3.8) is 0 Å². The second-order valence-corrected chi connectivity index (χ2v) is 10.9. The molecule has 12 heteroatoms. The molecular formula is C30H31ClN8O3. The summed E-state index contributed by atoms with van der Waals surface area (Å²) in [6, 6.07) is 17.6. The van der Waals surface area contributed by atoms with E-state index in [4.69, 9.17) is 32.8 Å². The molecule has 2 aromatic heterocycles. The van der Waals surface area contributed by atoms with Crippen LogP contribution in [0.1, 0.15) is 46.5 Å². The number of piperidine rings is 1. The van der Waals surface area contributed by atoms with Crippen molar-refractivity contribution in [2.75, 3.05) is 31.2 Å². The molecule has 0 bridgehead atoms. The zero-order valence-electron chi connectivity index (χ0n) is 22.9. The summed E-state index contributed by atoms with van der Waals surface area (Å²) >= 11 is 5.92. The minimum Gasteiger partial charge on any atom is -0.492 e. The topological polar surface area (TPSA) is 154 Å².